The molecule has 0 spiro atoms. The lowest BCUT2D eigenvalue weighted by atomic mass is 10.2. The lowest BCUT2D eigenvalue weighted by Gasteiger charge is -2.04. The number of carbonyl (C=O) groups excluding carboxylic acids is 2. The number of anilines is 1. The van der Waals surface area contributed by atoms with E-state index in [9.17, 15) is 9.59 Å². The molecule has 0 aliphatic rings. The number of carbonyl (C=O) groups is 2. The van der Waals surface area contributed by atoms with Crippen molar-refractivity contribution in [1.82, 2.24) is 5.43 Å². The van der Waals surface area contributed by atoms with E-state index < -0.39 is 11.8 Å². The van der Waals surface area contributed by atoms with Crippen LogP contribution in [-0.4, -0.2) is 24.6 Å². The number of hydrazone groups is 1. The van der Waals surface area contributed by atoms with Gasteiger partial charge in [0.25, 0.3) is 0 Å². The van der Waals surface area contributed by atoms with E-state index in [1.165, 1.54) is 6.21 Å². The zero-order chi connectivity index (χ0) is 17.4. The largest absolute Gasteiger partial charge is 0.494 e. The normalized spacial score (nSPS) is 10.4. The lowest BCUT2D eigenvalue weighted by molar-refractivity contribution is -0.136. The smallest absolute Gasteiger partial charge is 0.329 e. The zero-order valence-corrected chi connectivity index (χ0v) is 13.6. The second kappa shape index (κ2) is 8.47. The van der Waals surface area contributed by atoms with Gasteiger partial charge in [-0.3, -0.25) is 9.59 Å². The summed E-state index contributed by atoms with van der Waals surface area (Å²) in [6.45, 7) is 4.44. The second-order valence-electron chi connectivity index (χ2n) is 5.02. The molecule has 0 saturated heterocycles. The fraction of sp³-hybridized carbons (Fsp3) is 0.167. The molecule has 0 aliphatic carbocycles. The minimum atomic E-state index is -0.835. The van der Waals surface area contributed by atoms with Gasteiger partial charge in [0.05, 0.1) is 12.8 Å². The summed E-state index contributed by atoms with van der Waals surface area (Å²) in [4.78, 5) is 23.4. The van der Waals surface area contributed by atoms with Crippen LogP contribution in [0.3, 0.4) is 0 Å². The Balaban J connectivity index is 1.85. The molecule has 0 saturated carbocycles. The Labute approximate surface area is 140 Å². The number of nitrogens with one attached hydrogen (secondary N) is 2. The molecule has 124 valence electrons. The minimum Gasteiger partial charge on any atom is -0.494 e. The van der Waals surface area contributed by atoms with Crippen molar-refractivity contribution in [3.63, 3.8) is 0 Å². The first-order chi connectivity index (χ1) is 11.6. The van der Waals surface area contributed by atoms with Gasteiger partial charge in [-0.1, -0.05) is 17.7 Å². The highest BCUT2D eigenvalue weighted by molar-refractivity contribution is 6.39. The highest BCUT2D eigenvalue weighted by Crippen LogP contribution is 2.10. The summed E-state index contributed by atoms with van der Waals surface area (Å²) < 4.78 is 5.33. The number of rotatable bonds is 5. The lowest BCUT2D eigenvalue weighted by Crippen LogP contribution is -2.32. The Morgan fingerprint density at radius 1 is 1.04 bits per heavy atom. The molecule has 0 bridgehead atoms. The Hall–Kier alpha value is -3.15. The number of ether oxygens (including phenoxy) is 1. The van der Waals surface area contributed by atoms with E-state index in [2.05, 4.69) is 15.8 Å². The quantitative estimate of drug-likeness (QED) is 0.503. The van der Waals surface area contributed by atoms with Crippen LogP contribution in [0.4, 0.5) is 5.69 Å². The second-order valence-corrected chi connectivity index (χ2v) is 5.02. The van der Waals surface area contributed by atoms with Crippen molar-refractivity contribution >= 4 is 23.7 Å². The summed E-state index contributed by atoms with van der Waals surface area (Å²) in [5.41, 5.74) is 4.58. The predicted molar refractivity (Wildman–Crippen MR) is 93.2 cm³/mol. The fourth-order valence-electron chi connectivity index (χ4n) is 1.86. The van der Waals surface area contributed by atoms with Gasteiger partial charge < -0.3 is 10.1 Å². The molecular formula is C18H19N3O3. The van der Waals surface area contributed by atoms with Crippen LogP contribution < -0.4 is 15.5 Å². The standard InChI is InChI=1S/C18H19N3O3/c1-3-24-16-10-6-14(7-11-16)12-19-21-18(23)17(22)20-15-8-4-13(2)5-9-15/h4-12H,3H2,1-2H3,(H,20,22)(H,21,23). The van der Waals surface area contributed by atoms with E-state index in [0.29, 0.717) is 12.3 Å². The molecule has 2 amide bonds. The third-order valence-corrected chi connectivity index (χ3v) is 3.09. The molecule has 0 fully saturated rings. The average molecular weight is 325 g/mol. The topological polar surface area (TPSA) is 79.8 Å². The number of nitrogens with zero attached hydrogens (tertiary/aromatic N) is 1. The van der Waals surface area contributed by atoms with E-state index in [4.69, 9.17) is 4.74 Å². The Kier molecular flexibility index (Phi) is 6.08. The van der Waals surface area contributed by atoms with Gasteiger partial charge >= 0.3 is 11.8 Å². The number of amides is 2. The highest BCUT2D eigenvalue weighted by Gasteiger charge is 2.12. The van der Waals surface area contributed by atoms with Crippen molar-refractivity contribution in [2.24, 2.45) is 5.10 Å². The minimum absolute atomic E-state index is 0.552. The van der Waals surface area contributed by atoms with Crippen LogP contribution in [0, 0.1) is 6.92 Å². The van der Waals surface area contributed by atoms with Crippen LogP contribution in [0.5, 0.6) is 5.75 Å². The van der Waals surface area contributed by atoms with Gasteiger partial charge in [-0.15, -0.1) is 0 Å². The molecule has 2 aromatic carbocycles. The third kappa shape index (κ3) is 5.24. The molecule has 2 N–H and O–H groups in total. The SMILES string of the molecule is CCOc1ccc(C=NNC(=O)C(=O)Nc2ccc(C)cc2)cc1. The van der Waals surface area contributed by atoms with Crippen LogP contribution in [0.1, 0.15) is 18.1 Å². The van der Waals surface area contributed by atoms with Crippen LogP contribution in [0.25, 0.3) is 0 Å². The molecule has 0 atom stereocenters. The number of aryl methyl sites for hydroxylation is 1. The summed E-state index contributed by atoms with van der Waals surface area (Å²) in [5.74, 6) is -0.850. The van der Waals surface area contributed by atoms with Gasteiger partial charge in [0.2, 0.25) is 0 Å². The highest BCUT2D eigenvalue weighted by atomic mass is 16.5. The van der Waals surface area contributed by atoms with Crippen LogP contribution in [-0.2, 0) is 9.59 Å². The van der Waals surface area contributed by atoms with E-state index >= 15 is 0 Å². The maximum atomic E-state index is 11.7. The first-order valence-corrected chi connectivity index (χ1v) is 7.52. The van der Waals surface area contributed by atoms with E-state index in [-0.39, 0.29) is 0 Å². The fourth-order valence-corrected chi connectivity index (χ4v) is 1.86. The maximum absolute atomic E-state index is 11.7. The Bertz CT molecular complexity index is 722. The van der Waals surface area contributed by atoms with E-state index in [1.807, 2.05) is 26.0 Å². The molecule has 6 nitrogen and oxygen atoms in total. The summed E-state index contributed by atoms with van der Waals surface area (Å²) >= 11 is 0. The Morgan fingerprint density at radius 3 is 2.33 bits per heavy atom. The first-order valence-electron chi connectivity index (χ1n) is 7.52. The summed E-state index contributed by atoms with van der Waals surface area (Å²) in [7, 11) is 0. The maximum Gasteiger partial charge on any atom is 0.329 e. The molecule has 0 heterocycles. The van der Waals surface area contributed by atoms with Gasteiger partial charge in [-0.2, -0.15) is 5.10 Å². The van der Waals surface area contributed by atoms with Gasteiger partial charge in [0.1, 0.15) is 5.75 Å². The summed E-state index contributed by atoms with van der Waals surface area (Å²) in [6.07, 6.45) is 1.45. The number of hydrogen-bond donors (Lipinski definition) is 2. The summed E-state index contributed by atoms with van der Waals surface area (Å²) in [5, 5.41) is 6.27. The van der Waals surface area contributed by atoms with Crippen molar-refractivity contribution in [2.45, 2.75) is 13.8 Å². The molecule has 0 radical (unpaired) electrons. The molecule has 0 unspecified atom stereocenters. The van der Waals surface area contributed by atoms with Crippen LogP contribution >= 0.6 is 0 Å². The first kappa shape index (κ1) is 17.2. The monoisotopic (exact) mass is 325 g/mol. The van der Waals surface area contributed by atoms with E-state index in [1.54, 1.807) is 36.4 Å². The van der Waals surface area contributed by atoms with Crippen molar-refractivity contribution in [3.8, 4) is 5.75 Å². The Morgan fingerprint density at radius 2 is 1.71 bits per heavy atom. The molecule has 2 aromatic rings. The van der Waals surface area contributed by atoms with Gasteiger partial charge in [-0.05, 0) is 55.8 Å². The zero-order valence-electron chi connectivity index (χ0n) is 13.6. The molecule has 6 heteroatoms. The average Bonchev–Trinajstić information content (AvgIpc) is 2.58. The van der Waals surface area contributed by atoms with Gasteiger partial charge in [0.15, 0.2) is 0 Å². The molecule has 24 heavy (non-hydrogen) atoms. The van der Waals surface area contributed by atoms with Crippen LogP contribution in [0.2, 0.25) is 0 Å². The summed E-state index contributed by atoms with van der Waals surface area (Å²) in [6, 6.07) is 14.3. The van der Waals surface area contributed by atoms with Crippen molar-refractivity contribution in [2.75, 3.05) is 11.9 Å². The molecule has 0 aromatic heterocycles. The molecule has 2 rings (SSSR count). The van der Waals surface area contributed by atoms with Gasteiger partial charge in [-0.25, -0.2) is 5.43 Å². The van der Waals surface area contributed by atoms with E-state index in [0.717, 1.165) is 16.9 Å². The van der Waals surface area contributed by atoms with Gasteiger partial charge in [0, 0.05) is 5.69 Å². The third-order valence-electron chi connectivity index (χ3n) is 3.09. The predicted octanol–water partition coefficient (Wildman–Crippen LogP) is 2.48. The van der Waals surface area contributed by atoms with Crippen LogP contribution in [0.15, 0.2) is 53.6 Å². The van der Waals surface area contributed by atoms with Crippen molar-refractivity contribution in [3.05, 3.63) is 59.7 Å². The van der Waals surface area contributed by atoms with Crippen molar-refractivity contribution in [1.29, 1.82) is 0 Å². The van der Waals surface area contributed by atoms with Crippen molar-refractivity contribution < 1.29 is 14.3 Å². The molecule has 0 aliphatic heterocycles. The number of hydrogen-bond acceptors (Lipinski definition) is 4. The number of benzene rings is 2. The molecular weight excluding hydrogens is 306 g/mol.